The van der Waals surface area contributed by atoms with Gasteiger partial charge in [0.1, 0.15) is 17.7 Å². The van der Waals surface area contributed by atoms with Gasteiger partial charge in [-0.1, -0.05) is 30.3 Å². The molecule has 0 radical (unpaired) electrons. The first-order chi connectivity index (χ1) is 14.4. The van der Waals surface area contributed by atoms with E-state index >= 15 is 0 Å². The molecular formula is C23H28FNO5. The van der Waals surface area contributed by atoms with E-state index in [1.807, 2.05) is 0 Å². The zero-order chi connectivity index (χ0) is 21.9. The minimum absolute atomic E-state index is 0.170. The lowest BCUT2D eigenvalue weighted by Crippen LogP contribution is -2.30. The Morgan fingerprint density at radius 2 is 1.83 bits per heavy atom. The smallest absolute Gasteiger partial charge is 0.333 e. The van der Waals surface area contributed by atoms with Crippen LogP contribution in [0.25, 0.3) is 0 Å². The number of hydrogen-bond donors (Lipinski definition) is 2. The highest BCUT2D eigenvalue weighted by atomic mass is 19.1. The number of benzene rings is 2. The van der Waals surface area contributed by atoms with Crippen LogP contribution in [-0.4, -0.2) is 42.3 Å². The second kappa shape index (κ2) is 11.9. The van der Waals surface area contributed by atoms with Gasteiger partial charge < -0.3 is 19.9 Å². The Bertz CT molecular complexity index is 825. The fourth-order valence-electron chi connectivity index (χ4n) is 2.98. The SMILES string of the molecule is CCO[C@@H](Cc1ccc(OC(C)CC(=O)NCCc2ccccc2F)cc1)C(=O)O. The molecule has 7 heteroatoms. The molecule has 2 rings (SSSR count). The van der Waals surface area contributed by atoms with Crippen LogP contribution in [0.5, 0.6) is 5.75 Å². The number of halogens is 1. The van der Waals surface area contributed by atoms with Crippen LogP contribution in [0.15, 0.2) is 48.5 Å². The van der Waals surface area contributed by atoms with Crippen LogP contribution in [0.1, 0.15) is 31.4 Å². The maximum absolute atomic E-state index is 13.6. The quantitative estimate of drug-likeness (QED) is 0.553. The van der Waals surface area contributed by atoms with Gasteiger partial charge in [0.05, 0.1) is 6.42 Å². The number of aliphatic carboxylic acids is 1. The summed E-state index contributed by atoms with van der Waals surface area (Å²) >= 11 is 0. The number of amides is 1. The summed E-state index contributed by atoms with van der Waals surface area (Å²) in [4.78, 5) is 23.2. The summed E-state index contributed by atoms with van der Waals surface area (Å²) < 4.78 is 24.5. The van der Waals surface area contributed by atoms with Gasteiger partial charge in [0, 0.05) is 19.6 Å². The third-order valence-corrected chi connectivity index (χ3v) is 4.47. The van der Waals surface area contributed by atoms with E-state index in [9.17, 15) is 14.0 Å². The average Bonchev–Trinajstić information content (AvgIpc) is 2.70. The molecule has 2 atom stereocenters. The normalized spacial score (nSPS) is 12.8. The summed E-state index contributed by atoms with van der Waals surface area (Å²) in [5.74, 6) is -0.847. The lowest BCUT2D eigenvalue weighted by Gasteiger charge is -2.16. The summed E-state index contributed by atoms with van der Waals surface area (Å²) in [6.07, 6.45) is -0.365. The summed E-state index contributed by atoms with van der Waals surface area (Å²) in [7, 11) is 0. The zero-order valence-corrected chi connectivity index (χ0v) is 17.3. The molecule has 0 saturated carbocycles. The first kappa shape index (κ1) is 23.3. The summed E-state index contributed by atoms with van der Waals surface area (Å²) in [5.41, 5.74) is 1.39. The van der Waals surface area contributed by atoms with Crippen LogP contribution in [0.3, 0.4) is 0 Å². The van der Waals surface area contributed by atoms with Gasteiger partial charge in [0.15, 0.2) is 6.10 Å². The number of carbonyl (C=O) groups is 2. The molecule has 30 heavy (non-hydrogen) atoms. The lowest BCUT2D eigenvalue weighted by atomic mass is 10.1. The van der Waals surface area contributed by atoms with Crippen LogP contribution in [-0.2, 0) is 27.2 Å². The van der Waals surface area contributed by atoms with Crippen molar-refractivity contribution >= 4 is 11.9 Å². The molecule has 0 spiro atoms. The van der Waals surface area contributed by atoms with Crippen molar-refractivity contribution in [3.05, 3.63) is 65.5 Å². The third kappa shape index (κ3) is 7.83. The molecule has 162 valence electrons. The molecule has 0 aliphatic heterocycles. The Morgan fingerprint density at radius 1 is 1.13 bits per heavy atom. The number of rotatable bonds is 12. The number of carboxylic acid groups (broad SMARTS) is 1. The van der Waals surface area contributed by atoms with Gasteiger partial charge in [0.2, 0.25) is 5.91 Å². The van der Waals surface area contributed by atoms with Crippen molar-refractivity contribution in [2.24, 2.45) is 0 Å². The summed E-state index contributed by atoms with van der Waals surface area (Å²) in [5, 5.41) is 11.9. The van der Waals surface area contributed by atoms with Gasteiger partial charge in [-0.25, -0.2) is 9.18 Å². The minimum Gasteiger partial charge on any atom is -0.490 e. The van der Waals surface area contributed by atoms with Crippen molar-refractivity contribution in [3.63, 3.8) is 0 Å². The van der Waals surface area contributed by atoms with Crippen molar-refractivity contribution in [2.75, 3.05) is 13.2 Å². The maximum atomic E-state index is 13.6. The van der Waals surface area contributed by atoms with E-state index in [0.29, 0.717) is 30.9 Å². The molecular weight excluding hydrogens is 389 g/mol. The number of carbonyl (C=O) groups excluding carboxylic acids is 1. The van der Waals surface area contributed by atoms with Crippen LogP contribution in [0, 0.1) is 5.82 Å². The Labute approximate surface area is 176 Å². The van der Waals surface area contributed by atoms with E-state index < -0.39 is 12.1 Å². The maximum Gasteiger partial charge on any atom is 0.333 e. The van der Waals surface area contributed by atoms with Crippen molar-refractivity contribution in [1.29, 1.82) is 0 Å². The summed E-state index contributed by atoms with van der Waals surface area (Å²) in [6, 6.07) is 13.5. The van der Waals surface area contributed by atoms with Crippen LogP contribution < -0.4 is 10.1 Å². The van der Waals surface area contributed by atoms with Gasteiger partial charge in [0.25, 0.3) is 0 Å². The van der Waals surface area contributed by atoms with Gasteiger partial charge >= 0.3 is 5.97 Å². The largest absolute Gasteiger partial charge is 0.490 e. The molecule has 0 aromatic heterocycles. The van der Waals surface area contributed by atoms with Crippen molar-refractivity contribution in [3.8, 4) is 5.75 Å². The van der Waals surface area contributed by atoms with Gasteiger partial charge in [-0.15, -0.1) is 0 Å². The Balaban J connectivity index is 1.75. The van der Waals surface area contributed by atoms with E-state index in [2.05, 4.69) is 5.32 Å². The lowest BCUT2D eigenvalue weighted by molar-refractivity contribution is -0.150. The standard InChI is InChI=1S/C23H28FNO5/c1-3-29-21(23(27)28)15-17-8-10-19(11-9-17)30-16(2)14-22(26)25-13-12-18-6-4-5-7-20(18)24/h4-11,16,21H,3,12-15H2,1-2H3,(H,25,26)(H,27,28)/t16?,21-/m0/s1. The van der Waals surface area contributed by atoms with Crippen molar-refractivity contribution < 1.29 is 28.6 Å². The molecule has 0 aliphatic rings. The highest BCUT2D eigenvalue weighted by molar-refractivity contribution is 5.76. The van der Waals surface area contributed by atoms with Crippen LogP contribution >= 0.6 is 0 Å². The Kier molecular flexibility index (Phi) is 9.28. The zero-order valence-electron chi connectivity index (χ0n) is 17.3. The molecule has 0 aliphatic carbocycles. The monoisotopic (exact) mass is 417 g/mol. The number of nitrogens with one attached hydrogen (secondary N) is 1. The topological polar surface area (TPSA) is 84.9 Å². The number of hydrogen-bond acceptors (Lipinski definition) is 4. The molecule has 2 N–H and O–H groups in total. The molecule has 0 fully saturated rings. The molecule has 0 saturated heterocycles. The van der Waals surface area contributed by atoms with Crippen LogP contribution in [0.2, 0.25) is 0 Å². The Morgan fingerprint density at radius 3 is 2.47 bits per heavy atom. The second-order valence-electron chi connectivity index (χ2n) is 6.95. The fourth-order valence-corrected chi connectivity index (χ4v) is 2.98. The summed E-state index contributed by atoms with van der Waals surface area (Å²) in [6.45, 7) is 4.23. The molecule has 1 unspecified atom stereocenters. The van der Waals surface area contributed by atoms with E-state index in [0.717, 1.165) is 5.56 Å². The van der Waals surface area contributed by atoms with Crippen LogP contribution in [0.4, 0.5) is 4.39 Å². The highest BCUT2D eigenvalue weighted by Gasteiger charge is 2.18. The van der Waals surface area contributed by atoms with Crippen molar-refractivity contribution in [1.82, 2.24) is 5.32 Å². The number of ether oxygens (including phenoxy) is 2. The molecule has 2 aromatic rings. The van der Waals surface area contributed by atoms with E-state index in [1.54, 1.807) is 56.3 Å². The first-order valence-electron chi connectivity index (χ1n) is 9.99. The number of carboxylic acids is 1. The van der Waals surface area contributed by atoms with Gasteiger partial charge in [-0.3, -0.25) is 4.79 Å². The highest BCUT2D eigenvalue weighted by Crippen LogP contribution is 2.17. The first-order valence-corrected chi connectivity index (χ1v) is 9.99. The van der Waals surface area contributed by atoms with E-state index in [-0.39, 0.29) is 30.7 Å². The third-order valence-electron chi connectivity index (χ3n) is 4.47. The average molecular weight is 417 g/mol. The van der Waals surface area contributed by atoms with Crippen molar-refractivity contribution in [2.45, 2.75) is 45.3 Å². The molecule has 2 aromatic carbocycles. The molecule has 6 nitrogen and oxygen atoms in total. The predicted molar refractivity (Wildman–Crippen MR) is 111 cm³/mol. The Hall–Kier alpha value is -2.93. The molecule has 0 bridgehead atoms. The molecule has 0 heterocycles. The van der Waals surface area contributed by atoms with E-state index in [4.69, 9.17) is 14.6 Å². The molecule has 1 amide bonds. The second-order valence-corrected chi connectivity index (χ2v) is 6.95. The van der Waals surface area contributed by atoms with Gasteiger partial charge in [-0.2, -0.15) is 0 Å². The van der Waals surface area contributed by atoms with E-state index in [1.165, 1.54) is 6.07 Å². The van der Waals surface area contributed by atoms with Gasteiger partial charge in [-0.05, 0) is 49.6 Å². The minimum atomic E-state index is -0.994. The predicted octanol–water partition coefficient (Wildman–Crippen LogP) is 3.37. The fraction of sp³-hybridized carbons (Fsp3) is 0.391.